The molecular weight excluding hydrogens is 296 g/mol. The van der Waals surface area contributed by atoms with Crippen molar-refractivity contribution in [2.45, 2.75) is 13.3 Å². The van der Waals surface area contributed by atoms with Crippen LogP contribution in [-0.2, 0) is 11.2 Å². The minimum Gasteiger partial charge on any atom is -0.273 e. The van der Waals surface area contributed by atoms with Gasteiger partial charge in [0.05, 0.1) is 12.1 Å². The number of halogens is 1. The molecule has 0 aliphatic carbocycles. The molecule has 0 heterocycles. The van der Waals surface area contributed by atoms with E-state index in [0.29, 0.717) is 5.02 Å². The van der Waals surface area contributed by atoms with Gasteiger partial charge in [0.25, 0.3) is 0 Å². The van der Waals surface area contributed by atoms with Crippen LogP contribution in [0.5, 0.6) is 0 Å². The van der Waals surface area contributed by atoms with Gasteiger partial charge in [0.15, 0.2) is 0 Å². The van der Waals surface area contributed by atoms with Crippen molar-refractivity contribution in [3.63, 3.8) is 0 Å². The second kappa shape index (κ2) is 8.15. The van der Waals surface area contributed by atoms with E-state index in [1.807, 2.05) is 61.5 Å². The summed E-state index contributed by atoms with van der Waals surface area (Å²) in [5.74, 6) is -0.158. The summed E-state index contributed by atoms with van der Waals surface area (Å²) in [6.07, 6.45) is 4.08. The van der Waals surface area contributed by atoms with Gasteiger partial charge in [-0.05, 0) is 36.3 Å². The zero-order valence-corrected chi connectivity index (χ0v) is 13.0. The Kier molecular flexibility index (Phi) is 5.92. The number of hydrogen-bond acceptors (Lipinski definition) is 2. The third-order valence-corrected chi connectivity index (χ3v) is 3.20. The van der Waals surface area contributed by atoms with E-state index in [1.165, 1.54) is 0 Å². The fourth-order valence-electron chi connectivity index (χ4n) is 1.80. The summed E-state index contributed by atoms with van der Waals surface area (Å²) in [6.45, 7) is 1.84. The Balaban J connectivity index is 1.86. The van der Waals surface area contributed by atoms with Crippen LogP contribution in [0.15, 0.2) is 65.8 Å². The quantitative estimate of drug-likeness (QED) is 0.655. The molecule has 4 heteroatoms. The fourth-order valence-corrected chi connectivity index (χ4v) is 1.92. The molecule has 2 aromatic carbocycles. The minimum absolute atomic E-state index is 0.158. The lowest BCUT2D eigenvalue weighted by atomic mass is 10.1. The first kappa shape index (κ1) is 16.0. The molecule has 1 N–H and O–H groups in total. The summed E-state index contributed by atoms with van der Waals surface area (Å²) in [6, 6.07) is 17.1. The van der Waals surface area contributed by atoms with E-state index in [0.717, 1.165) is 16.8 Å². The molecule has 2 rings (SSSR count). The maximum atomic E-state index is 11.8. The van der Waals surface area contributed by atoms with Crippen molar-refractivity contribution < 1.29 is 4.79 Å². The molecule has 0 saturated carbocycles. The van der Waals surface area contributed by atoms with Crippen molar-refractivity contribution in [3.8, 4) is 0 Å². The van der Waals surface area contributed by atoms with E-state index < -0.39 is 0 Å². The fraction of sp³-hybridized carbons (Fsp3) is 0.111. The predicted octanol–water partition coefficient (Wildman–Crippen LogP) is 4.09. The number of nitrogens with one attached hydrogen (secondary N) is 1. The molecular formula is C18H17ClN2O. The number of hydrogen-bond donors (Lipinski definition) is 1. The molecule has 3 nitrogen and oxygen atoms in total. The summed E-state index contributed by atoms with van der Waals surface area (Å²) >= 11 is 5.81. The van der Waals surface area contributed by atoms with Gasteiger partial charge in [0.2, 0.25) is 5.91 Å². The summed E-state index contributed by atoms with van der Waals surface area (Å²) < 4.78 is 0. The van der Waals surface area contributed by atoms with Crippen molar-refractivity contribution >= 4 is 29.3 Å². The molecule has 0 saturated heterocycles. The first-order chi connectivity index (χ1) is 10.6. The lowest BCUT2D eigenvalue weighted by Gasteiger charge is -2.01. The Morgan fingerprint density at radius 3 is 2.50 bits per heavy atom. The topological polar surface area (TPSA) is 41.5 Å². The number of hydrazone groups is 1. The zero-order chi connectivity index (χ0) is 15.8. The molecule has 2 aromatic rings. The van der Waals surface area contributed by atoms with Crippen molar-refractivity contribution in [2.24, 2.45) is 5.10 Å². The number of carbonyl (C=O) groups is 1. The molecule has 0 unspecified atom stereocenters. The summed E-state index contributed by atoms with van der Waals surface area (Å²) in [7, 11) is 0. The van der Waals surface area contributed by atoms with Crippen LogP contribution in [0.4, 0.5) is 0 Å². The molecule has 0 radical (unpaired) electrons. The first-order valence-electron chi connectivity index (χ1n) is 6.94. The highest BCUT2D eigenvalue weighted by atomic mass is 35.5. The number of carbonyl (C=O) groups excluding carboxylic acids is 1. The van der Waals surface area contributed by atoms with Crippen LogP contribution in [0.25, 0.3) is 6.08 Å². The van der Waals surface area contributed by atoms with Crippen LogP contribution in [0.3, 0.4) is 0 Å². The van der Waals surface area contributed by atoms with Crippen LogP contribution >= 0.6 is 11.6 Å². The molecule has 22 heavy (non-hydrogen) atoms. The van der Waals surface area contributed by atoms with Crippen LogP contribution in [0.1, 0.15) is 18.1 Å². The number of amides is 1. The highest BCUT2D eigenvalue weighted by molar-refractivity contribution is 6.30. The van der Waals surface area contributed by atoms with Crippen LogP contribution < -0.4 is 5.43 Å². The molecule has 0 fully saturated rings. The average Bonchev–Trinajstić information content (AvgIpc) is 2.54. The second-order valence-electron chi connectivity index (χ2n) is 4.84. The molecule has 112 valence electrons. The van der Waals surface area contributed by atoms with Crippen LogP contribution in [0, 0.1) is 0 Å². The van der Waals surface area contributed by atoms with Gasteiger partial charge in [-0.2, -0.15) is 5.10 Å². The van der Waals surface area contributed by atoms with Gasteiger partial charge in [-0.25, -0.2) is 5.43 Å². The summed E-state index contributed by atoms with van der Waals surface area (Å²) in [4.78, 5) is 11.8. The van der Waals surface area contributed by atoms with Gasteiger partial charge in [-0.15, -0.1) is 0 Å². The van der Waals surface area contributed by atoms with Gasteiger partial charge in [-0.1, -0.05) is 60.1 Å². The predicted molar refractivity (Wildman–Crippen MR) is 91.9 cm³/mol. The standard InChI is InChI=1S/C18H17ClN2O/c1-14(7-8-15-5-3-2-4-6-15)20-21-18(22)13-16-9-11-17(19)12-10-16/h2-12H,13H2,1H3,(H,21,22)/b8-7+,20-14+. The summed E-state index contributed by atoms with van der Waals surface area (Å²) in [5, 5.41) is 4.71. The number of nitrogens with zero attached hydrogens (tertiary/aromatic N) is 1. The van der Waals surface area contributed by atoms with Crippen LogP contribution in [0.2, 0.25) is 5.02 Å². The second-order valence-corrected chi connectivity index (χ2v) is 5.27. The number of benzene rings is 2. The van der Waals surface area contributed by atoms with Crippen molar-refractivity contribution in [1.29, 1.82) is 0 Å². The Morgan fingerprint density at radius 2 is 1.82 bits per heavy atom. The van der Waals surface area contributed by atoms with Crippen molar-refractivity contribution in [2.75, 3.05) is 0 Å². The van der Waals surface area contributed by atoms with Crippen LogP contribution in [-0.4, -0.2) is 11.6 Å². The van der Waals surface area contributed by atoms with Gasteiger partial charge >= 0.3 is 0 Å². The zero-order valence-electron chi connectivity index (χ0n) is 12.3. The maximum absolute atomic E-state index is 11.8. The minimum atomic E-state index is -0.158. The molecule has 1 amide bonds. The molecule has 0 aliphatic rings. The van der Waals surface area contributed by atoms with E-state index >= 15 is 0 Å². The Morgan fingerprint density at radius 1 is 1.14 bits per heavy atom. The highest BCUT2D eigenvalue weighted by Crippen LogP contribution is 2.09. The van der Waals surface area contributed by atoms with E-state index in [1.54, 1.807) is 12.1 Å². The van der Waals surface area contributed by atoms with E-state index in [4.69, 9.17) is 11.6 Å². The van der Waals surface area contributed by atoms with E-state index in [9.17, 15) is 4.79 Å². The lowest BCUT2D eigenvalue weighted by Crippen LogP contribution is -2.20. The number of rotatable bonds is 5. The van der Waals surface area contributed by atoms with Gasteiger partial charge in [0, 0.05) is 5.02 Å². The molecule has 0 aliphatic heterocycles. The Bertz CT molecular complexity index is 676. The first-order valence-corrected chi connectivity index (χ1v) is 7.32. The Labute approximate surface area is 135 Å². The van der Waals surface area contributed by atoms with Gasteiger partial charge in [0.1, 0.15) is 0 Å². The smallest absolute Gasteiger partial charge is 0.244 e. The lowest BCUT2D eigenvalue weighted by molar-refractivity contribution is -0.120. The molecule has 0 aromatic heterocycles. The third-order valence-electron chi connectivity index (χ3n) is 2.95. The average molecular weight is 313 g/mol. The third kappa shape index (κ3) is 5.54. The van der Waals surface area contributed by atoms with Gasteiger partial charge < -0.3 is 0 Å². The molecule has 0 atom stereocenters. The molecule has 0 spiro atoms. The Hall–Kier alpha value is -2.39. The monoisotopic (exact) mass is 312 g/mol. The van der Waals surface area contributed by atoms with E-state index in [2.05, 4.69) is 10.5 Å². The van der Waals surface area contributed by atoms with Crippen molar-refractivity contribution in [1.82, 2.24) is 5.43 Å². The van der Waals surface area contributed by atoms with Gasteiger partial charge in [-0.3, -0.25) is 4.79 Å². The maximum Gasteiger partial charge on any atom is 0.244 e. The van der Waals surface area contributed by atoms with Crippen molar-refractivity contribution in [3.05, 3.63) is 76.8 Å². The number of allylic oxidation sites excluding steroid dienone is 1. The normalized spacial score (nSPS) is 11.6. The largest absolute Gasteiger partial charge is 0.273 e. The SMILES string of the molecule is CC(/C=C/c1ccccc1)=N\NC(=O)Cc1ccc(Cl)cc1. The summed E-state index contributed by atoms with van der Waals surface area (Å²) in [5.41, 5.74) is 5.26. The molecule has 0 bridgehead atoms. The highest BCUT2D eigenvalue weighted by Gasteiger charge is 2.02. The van der Waals surface area contributed by atoms with E-state index in [-0.39, 0.29) is 12.3 Å².